The lowest BCUT2D eigenvalue weighted by molar-refractivity contribution is 0.0943. The Balaban J connectivity index is 2.53. The molecule has 122 valence electrons. The lowest BCUT2D eigenvalue weighted by Crippen LogP contribution is -2.39. The third-order valence-corrected chi connectivity index (χ3v) is 2.84. The van der Waals surface area contributed by atoms with Crippen LogP contribution in [0.15, 0.2) is 24.3 Å². The van der Waals surface area contributed by atoms with Crippen LogP contribution in [0.1, 0.15) is 50.5 Å². The monoisotopic (exact) mass is 305 g/mol. The van der Waals surface area contributed by atoms with Gasteiger partial charge in [0.25, 0.3) is 5.91 Å². The Morgan fingerprint density at radius 1 is 1.14 bits per heavy atom. The Kier molecular flexibility index (Phi) is 6.40. The second-order valence-electron chi connectivity index (χ2n) is 6.93. The van der Waals surface area contributed by atoms with Crippen molar-refractivity contribution in [2.75, 3.05) is 6.54 Å². The van der Waals surface area contributed by atoms with Gasteiger partial charge >= 0.3 is 6.03 Å². The van der Waals surface area contributed by atoms with E-state index in [1.807, 2.05) is 26.0 Å². The molecule has 0 fully saturated rings. The fraction of sp³-hybridized carbons (Fsp3) is 0.529. The summed E-state index contributed by atoms with van der Waals surface area (Å²) >= 11 is 0. The Bertz CT molecular complexity index is 519. The molecule has 3 N–H and O–H groups in total. The van der Waals surface area contributed by atoms with Gasteiger partial charge in [-0.3, -0.25) is 4.79 Å². The van der Waals surface area contributed by atoms with Crippen LogP contribution in [0.25, 0.3) is 0 Å². The van der Waals surface area contributed by atoms with Gasteiger partial charge in [0.15, 0.2) is 0 Å². The molecular weight excluding hydrogens is 278 g/mol. The number of benzene rings is 1. The third kappa shape index (κ3) is 7.11. The topological polar surface area (TPSA) is 70.2 Å². The molecule has 0 bridgehead atoms. The predicted octanol–water partition coefficient (Wildman–Crippen LogP) is 2.67. The van der Waals surface area contributed by atoms with Crippen LogP contribution in [0.4, 0.5) is 4.79 Å². The van der Waals surface area contributed by atoms with E-state index >= 15 is 0 Å². The molecule has 22 heavy (non-hydrogen) atoms. The molecule has 1 aromatic carbocycles. The second-order valence-corrected chi connectivity index (χ2v) is 6.93. The van der Waals surface area contributed by atoms with Crippen LogP contribution in [-0.2, 0) is 6.54 Å². The van der Waals surface area contributed by atoms with E-state index in [2.05, 4.69) is 36.7 Å². The fourth-order valence-corrected chi connectivity index (χ4v) is 1.76. The number of amides is 3. The summed E-state index contributed by atoms with van der Waals surface area (Å²) in [5.41, 5.74) is 1.54. The van der Waals surface area contributed by atoms with E-state index in [1.165, 1.54) is 0 Å². The number of urea groups is 1. The van der Waals surface area contributed by atoms with E-state index in [-0.39, 0.29) is 23.4 Å². The van der Waals surface area contributed by atoms with Crippen molar-refractivity contribution in [1.82, 2.24) is 16.0 Å². The lowest BCUT2D eigenvalue weighted by atomic mass is 9.97. The van der Waals surface area contributed by atoms with Crippen molar-refractivity contribution in [2.45, 2.75) is 47.2 Å². The van der Waals surface area contributed by atoms with E-state index in [0.717, 1.165) is 5.56 Å². The summed E-state index contributed by atoms with van der Waals surface area (Å²) in [5.74, 6) is -0.103. The molecule has 1 aromatic rings. The first-order valence-electron chi connectivity index (χ1n) is 7.59. The molecule has 1 rings (SSSR count). The van der Waals surface area contributed by atoms with Crippen molar-refractivity contribution in [3.05, 3.63) is 35.4 Å². The first kappa shape index (κ1) is 18.0. The number of hydrogen-bond donors (Lipinski definition) is 3. The van der Waals surface area contributed by atoms with Crippen LogP contribution >= 0.6 is 0 Å². The maximum Gasteiger partial charge on any atom is 0.315 e. The summed E-state index contributed by atoms with van der Waals surface area (Å²) in [6, 6.07) is 7.16. The minimum atomic E-state index is -0.202. The van der Waals surface area contributed by atoms with Crippen LogP contribution < -0.4 is 16.0 Å². The number of carbonyl (C=O) groups excluding carboxylic acids is 2. The van der Waals surface area contributed by atoms with Gasteiger partial charge in [-0.05, 0) is 37.0 Å². The highest BCUT2D eigenvalue weighted by molar-refractivity contribution is 5.94. The van der Waals surface area contributed by atoms with Gasteiger partial charge in [-0.1, -0.05) is 32.9 Å². The van der Waals surface area contributed by atoms with Gasteiger partial charge in [0.05, 0.1) is 0 Å². The summed E-state index contributed by atoms with van der Waals surface area (Å²) in [6.45, 7) is 11.0. The maximum absolute atomic E-state index is 11.9. The quantitative estimate of drug-likeness (QED) is 0.782. The molecule has 0 aliphatic heterocycles. The first-order valence-corrected chi connectivity index (χ1v) is 7.59. The van der Waals surface area contributed by atoms with E-state index < -0.39 is 0 Å². The number of rotatable bonds is 5. The molecular formula is C17H27N3O2. The molecule has 0 saturated carbocycles. The van der Waals surface area contributed by atoms with Gasteiger partial charge in [0, 0.05) is 24.7 Å². The molecule has 0 aliphatic rings. The highest BCUT2D eigenvalue weighted by atomic mass is 16.2. The normalized spacial score (nSPS) is 11.2. The molecule has 5 nitrogen and oxygen atoms in total. The zero-order chi connectivity index (χ0) is 16.8. The molecule has 3 amide bonds. The SMILES string of the molecule is CC(C)NC(=O)c1cccc(CNC(=O)NCC(C)(C)C)c1. The van der Waals surface area contributed by atoms with Crippen molar-refractivity contribution in [2.24, 2.45) is 5.41 Å². The number of carbonyl (C=O) groups is 2. The minimum Gasteiger partial charge on any atom is -0.350 e. The van der Waals surface area contributed by atoms with Crippen LogP contribution in [0, 0.1) is 5.41 Å². The number of nitrogens with one attached hydrogen (secondary N) is 3. The van der Waals surface area contributed by atoms with Gasteiger partial charge in [-0.2, -0.15) is 0 Å². The van der Waals surface area contributed by atoms with Crippen LogP contribution in [0.5, 0.6) is 0 Å². The van der Waals surface area contributed by atoms with Crippen molar-refractivity contribution in [1.29, 1.82) is 0 Å². The van der Waals surface area contributed by atoms with E-state index in [4.69, 9.17) is 0 Å². The third-order valence-electron chi connectivity index (χ3n) is 2.84. The summed E-state index contributed by atoms with van der Waals surface area (Å²) in [5, 5.41) is 8.47. The average molecular weight is 305 g/mol. The van der Waals surface area contributed by atoms with E-state index in [0.29, 0.717) is 18.7 Å². The van der Waals surface area contributed by atoms with Crippen LogP contribution in [0.2, 0.25) is 0 Å². The predicted molar refractivity (Wildman–Crippen MR) is 88.7 cm³/mol. The minimum absolute atomic E-state index is 0.0478. The zero-order valence-electron chi connectivity index (χ0n) is 14.1. The smallest absolute Gasteiger partial charge is 0.315 e. The highest BCUT2D eigenvalue weighted by Crippen LogP contribution is 2.10. The standard InChI is InChI=1S/C17H27N3O2/c1-12(2)20-15(21)14-8-6-7-13(9-14)10-18-16(22)19-11-17(3,4)5/h6-9,12H,10-11H2,1-5H3,(H,20,21)(H2,18,19,22). The van der Waals surface area contributed by atoms with Gasteiger partial charge in [0.2, 0.25) is 0 Å². The maximum atomic E-state index is 11.9. The largest absolute Gasteiger partial charge is 0.350 e. The summed E-state index contributed by atoms with van der Waals surface area (Å²) in [4.78, 5) is 23.7. The molecule has 5 heteroatoms. The molecule has 0 heterocycles. The molecule has 0 aromatic heterocycles. The zero-order valence-corrected chi connectivity index (χ0v) is 14.1. The van der Waals surface area contributed by atoms with E-state index in [9.17, 15) is 9.59 Å². The summed E-state index contributed by atoms with van der Waals surface area (Å²) in [7, 11) is 0. The van der Waals surface area contributed by atoms with Crippen LogP contribution in [0.3, 0.4) is 0 Å². The Labute approximate surface area is 132 Å². The fourth-order valence-electron chi connectivity index (χ4n) is 1.76. The lowest BCUT2D eigenvalue weighted by Gasteiger charge is -2.19. The average Bonchev–Trinajstić information content (AvgIpc) is 2.41. The summed E-state index contributed by atoms with van der Waals surface area (Å²) < 4.78 is 0. The molecule has 0 atom stereocenters. The first-order chi connectivity index (χ1) is 10.2. The molecule has 0 saturated heterocycles. The second kappa shape index (κ2) is 7.82. The summed E-state index contributed by atoms with van der Waals surface area (Å²) in [6.07, 6.45) is 0. The highest BCUT2D eigenvalue weighted by Gasteiger charge is 2.12. The molecule has 0 radical (unpaired) electrons. The van der Waals surface area contributed by atoms with Crippen molar-refractivity contribution in [3.8, 4) is 0 Å². The molecule has 0 aliphatic carbocycles. The van der Waals surface area contributed by atoms with Crippen molar-refractivity contribution in [3.63, 3.8) is 0 Å². The number of hydrogen-bond acceptors (Lipinski definition) is 2. The van der Waals surface area contributed by atoms with Crippen molar-refractivity contribution >= 4 is 11.9 Å². The van der Waals surface area contributed by atoms with Gasteiger partial charge in [-0.15, -0.1) is 0 Å². The van der Waals surface area contributed by atoms with Crippen molar-refractivity contribution < 1.29 is 9.59 Å². The Morgan fingerprint density at radius 3 is 2.41 bits per heavy atom. The van der Waals surface area contributed by atoms with Gasteiger partial charge < -0.3 is 16.0 Å². The van der Waals surface area contributed by atoms with Crippen LogP contribution in [-0.4, -0.2) is 24.5 Å². The Hall–Kier alpha value is -2.04. The van der Waals surface area contributed by atoms with E-state index in [1.54, 1.807) is 12.1 Å². The molecule has 0 spiro atoms. The van der Waals surface area contributed by atoms with Gasteiger partial charge in [0.1, 0.15) is 0 Å². The Morgan fingerprint density at radius 2 is 1.82 bits per heavy atom. The van der Waals surface area contributed by atoms with Gasteiger partial charge in [-0.25, -0.2) is 4.79 Å². The molecule has 0 unspecified atom stereocenters.